The van der Waals surface area contributed by atoms with Gasteiger partial charge in [-0.15, -0.1) is 0 Å². The molecule has 0 atom stereocenters. The van der Waals surface area contributed by atoms with Crippen LogP contribution >= 0.6 is 11.3 Å². The van der Waals surface area contributed by atoms with Gasteiger partial charge in [-0.1, -0.05) is 17.4 Å². The van der Waals surface area contributed by atoms with E-state index >= 15 is 0 Å². The van der Waals surface area contributed by atoms with E-state index in [0.29, 0.717) is 28.2 Å². The zero-order valence-electron chi connectivity index (χ0n) is 14.7. The molecule has 136 valence electrons. The van der Waals surface area contributed by atoms with Gasteiger partial charge < -0.3 is 9.30 Å². The molecule has 0 saturated heterocycles. The molecule has 0 unspecified atom stereocenters. The van der Waals surface area contributed by atoms with Gasteiger partial charge in [0, 0.05) is 25.3 Å². The molecule has 0 bridgehead atoms. The second-order valence-corrected chi connectivity index (χ2v) is 6.99. The Morgan fingerprint density at radius 3 is 2.65 bits per heavy atom. The van der Waals surface area contributed by atoms with Crippen molar-refractivity contribution < 1.29 is 18.3 Å². The molecule has 26 heavy (non-hydrogen) atoms. The Morgan fingerprint density at radius 2 is 1.96 bits per heavy atom. The minimum Gasteiger partial charge on any atom is -0.383 e. The molecule has 0 aliphatic heterocycles. The van der Waals surface area contributed by atoms with E-state index in [1.165, 1.54) is 13.2 Å². The van der Waals surface area contributed by atoms with Gasteiger partial charge in [-0.25, -0.2) is 8.78 Å². The third-order valence-corrected chi connectivity index (χ3v) is 5.19. The Bertz CT molecular complexity index is 1050. The number of methoxy groups -OCH3 is 1. The van der Waals surface area contributed by atoms with Crippen molar-refractivity contribution in [3.8, 4) is 0 Å². The zero-order valence-corrected chi connectivity index (χ0v) is 15.5. The quantitative estimate of drug-likeness (QED) is 0.691. The van der Waals surface area contributed by atoms with Gasteiger partial charge in [-0.05, 0) is 43.2 Å². The smallest absolute Gasteiger partial charge is 0.279 e. The van der Waals surface area contributed by atoms with Gasteiger partial charge in [0.15, 0.2) is 10.6 Å². The molecule has 0 aliphatic carbocycles. The van der Waals surface area contributed by atoms with Gasteiger partial charge in [0.05, 0.1) is 16.8 Å². The number of amides is 1. The molecular formula is C19H18F2N2O2S. The average Bonchev–Trinajstić information content (AvgIpc) is 2.92. The summed E-state index contributed by atoms with van der Waals surface area (Å²) in [6.45, 7) is 4.50. The number of hydrogen-bond donors (Lipinski definition) is 0. The average molecular weight is 376 g/mol. The molecule has 3 rings (SSSR count). The summed E-state index contributed by atoms with van der Waals surface area (Å²) in [7, 11) is 1.53. The number of halogens is 2. The van der Waals surface area contributed by atoms with E-state index in [1.807, 2.05) is 19.9 Å². The molecule has 0 saturated carbocycles. The van der Waals surface area contributed by atoms with Gasteiger partial charge in [0.2, 0.25) is 0 Å². The van der Waals surface area contributed by atoms with E-state index in [0.717, 1.165) is 28.5 Å². The molecule has 0 spiro atoms. The van der Waals surface area contributed by atoms with Crippen molar-refractivity contribution in [3.05, 3.63) is 63.5 Å². The topological polar surface area (TPSA) is 43.6 Å². The summed E-state index contributed by atoms with van der Waals surface area (Å²) in [5, 5.41) is 0. The Morgan fingerprint density at radius 1 is 1.19 bits per heavy atom. The van der Waals surface area contributed by atoms with E-state index in [4.69, 9.17) is 4.74 Å². The monoisotopic (exact) mass is 376 g/mol. The number of benzene rings is 2. The molecule has 4 nitrogen and oxygen atoms in total. The largest absolute Gasteiger partial charge is 0.383 e. The zero-order chi connectivity index (χ0) is 18.8. The number of aromatic nitrogens is 1. The number of ether oxygens (including phenoxy) is 1. The van der Waals surface area contributed by atoms with Gasteiger partial charge in [0.25, 0.3) is 5.91 Å². The van der Waals surface area contributed by atoms with Crippen LogP contribution in [0.4, 0.5) is 8.78 Å². The highest BCUT2D eigenvalue weighted by Gasteiger charge is 2.14. The van der Waals surface area contributed by atoms with Crippen molar-refractivity contribution in [2.75, 3.05) is 13.7 Å². The van der Waals surface area contributed by atoms with Crippen molar-refractivity contribution >= 4 is 27.5 Å². The van der Waals surface area contributed by atoms with E-state index in [9.17, 15) is 13.6 Å². The third-order valence-electron chi connectivity index (χ3n) is 4.17. The minimum atomic E-state index is -0.688. The van der Waals surface area contributed by atoms with Crippen LogP contribution in [-0.2, 0) is 11.3 Å². The standard InChI is InChI=1S/C19H18F2N2O2S/c1-11-4-5-13(8-12(11)2)18(24)22-19-23(6-7-25-3)17-15(21)9-14(20)10-16(17)26-19/h4-5,8-10H,6-7H2,1-3H3. The summed E-state index contributed by atoms with van der Waals surface area (Å²) in [5.74, 6) is -1.78. The maximum absolute atomic E-state index is 14.3. The van der Waals surface area contributed by atoms with Crippen LogP contribution in [0.25, 0.3) is 10.2 Å². The van der Waals surface area contributed by atoms with Crippen LogP contribution in [0.5, 0.6) is 0 Å². The lowest BCUT2D eigenvalue weighted by molar-refractivity contribution is 0.0997. The molecule has 1 amide bonds. The summed E-state index contributed by atoms with van der Waals surface area (Å²) in [5.41, 5.74) is 2.74. The fraction of sp³-hybridized carbons (Fsp3) is 0.263. The van der Waals surface area contributed by atoms with Crippen molar-refractivity contribution in [3.63, 3.8) is 0 Å². The maximum Gasteiger partial charge on any atom is 0.279 e. The number of hydrogen-bond acceptors (Lipinski definition) is 3. The lowest BCUT2D eigenvalue weighted by Gasteiger charge is -2.05. The summed E-state index contributed by atoms with van der Waals surface area (Å²) in [4.78, 5) is 17.0. The molecule has 0 radical (unpaired) electrons. The first kappa shape index (κ1) is 18.4. The van der Waals surface area contributed by atoms with E-state index in [-0.39, 0.29) is 5.52 Å². The summed E-state index contributed by atoms with van der Waals surface area (Å²) in [6.07, 6.45) is 0. The van der Waals surface area contributed by atoms with E-state index in [2.05, 4.69) is 4.99 Å². The first-order chi connectivity index (χ1) is 12.4. The van der Waals surface area contributed by atoms with Crippen LogP contribution in [-0.4, -0.2) is 24.2 Å². The van der Waals surface area contributed by atoms with Crippen LogP contribution in [0.15, 0.2) is 35.3 Å². The maximum atomic E-state index is 14.3. The van der Waals surface area contributed by atoms with Crippen LogP contribution in [0.1, 0.15) is 21.5 Å². The molecule has 2 aromatic carbocycles. The molecule has 1 aromatic heterocycles. The number of carbonyl (C=O) groups excluding carboxylic acids is 1. The predicted molar refractivity (Wildman–Crippen MR) is 97.4 cm³/mol. The normalized spacial score (nSPS) is 12.1. The number of nitrogens with zero attached hydrogens (tertiary/aromatic N) is 2. The van der Waals surface area contributed by atoms with Gasteiger partial charge in [0.1, 0.15) is 5.82 Å². The number of fused-ring (bicyclic) bond motifs is 1. The molecule has 0 N–H and O–H groups in total. The number of aryl methyl sites for hydroxylation is 2. The highest BCUT2D eigenvalue weighted by molar-refractivity contribution is 7.16. The fourth-order valence-electron chi connectivity index (χ4n) is 2.63. The number of thiazole rings is 1. The third kappa shape index (κ3) is 3.59. The van der Waals surface area contributed by atoms with Crippen LogP contribution in [0.3, 0.4) is 0 Å². The van der Waals surface area contributed by atoms with Crippen molar-refractivity contribution in [2.24, 2.45) is 4.99 Å². The SMILES string of the molecule is COCCn1c(=NC(=O)c2ccc(C)c(C)c2)sc2cc(F)cc(F)c21. The summed E-state index contributed by atoms with van der Waals surface area (Å²) < 4.78 is 34.8. The molecular weight excluding hydrogens is 358 g/mol. The lowest BCUT2D eigenvalue weighted by Crippen LogP contribution is -2.20. The summed E-state index contributed by atoms with van der Waals surface area (Å²) >= 11 is 1.07. The van der Waals surface area contributed by atoms with Gasteiger partial charge in [-0.3, -0.25) is 4.79 Å². The molecule has 3 aromatic rings. The second-order valence-electron chi connectivity index (χ2n) is 5.98. The van der Waals surface area contributed by atoms with Crippen molar-refractivity contribution in [2.45, 2.75) is 20.4 Å². The predicted octanol–water partition coefficient (Wildman–Crippen LogP) is 3.99. The Labute approximate surface area is 153 Å². The van der Waals surface area contributed by atoms with Crippen LogP contribution in [0.2, 0.25) is 0 Å². The Hall–Kier alpha value is -2.38. The fourth-order valence-corrected chi connectivity index (χ4v) is 3.72. The summed E-state index contributed by atoms with van der Waals surface area (Å²) in [6, 6.07) is 7.41. The highest BCUT2D eigenvalue weighted by atomic mass is 32.1. The first-order valence-corrected chi connectivity index (χ1v) is 8.86. The van der Waals surface area contributed by atoms with E-state index in [1.54, 1.807) is 16.7 Å². The van der Waals surface area contributed by atoms with E-state index < -0.39 is 17.5 Å². The number of carbonyl (C=O) groups is 1. The van der Waals surface area contributed by atoms with Crippen LogP contribution < -0.4 is 4.80 Å². The Balaban J connectivity index is 2.15. The molecule has 7 heteroatoms. The lowest BCUT2D eigenvalue weighted by atomic mass is 10.1. The molecule has 1 heterocycles. The first-order valence-electron chi connectivity index (χ1n) is 8.04. The van der Waals surface area contributed by atoms with Gasteiger partial charge >= 0.3 is 0 Å². The highest BCUT2D eigenvalue weighted by Crippen LogP contribution is 2.22. The van der Waals surface area contributed by atoms with Crippen LogP contribution in [0, 0.1) is 25.5 Å². The van der Waals surface area contributed by atoms with Crippen molar-refractivity contribution in [1.29, 1.82) is 0 Å². The van der Waals surface area contributed by atoms with Gasteiger partial charge in [-0.2, -0.15) is 4.99 Å². The minimum absolute atomic E-state index is 0.222. The number of rotatable bonds is 4. The second kappa shape index (κ2) is 7.47. The Kier molecular flexibility index (Phi) is 5.29. The van der Waals surface area contributed by atoms with Crippen molar-refractivity contribution in [1.82, 2.24) is 4.57 Å². The molecule has 0 aliphatic rings. The molecule has 0 fully saturated rings.